The average molecular weight is 356 g/mol. The van der Waals surface area contributed by atoms with Crippen molar-refractivity contribution in [2.45, 2.75) is 39.2 Å². The molecule has 0 atom stereocenters. The van der Waals surface area contributed by atoms with Crippen LogP contribution in [0.2, 0.25) is 0 Å². The Hall–Kier alpha value is -2.58. The molecule has 0 saturated heterocycles. The highest BCUT2D eigenvalue weighted by Crippen LogP contribution is 2.20. The minimum atomic E-state index is -0.691. The van der Waals surface area contributed by atoms with Gasteiger partial charge in [0.15, 0.2) is 0 Å². The van der Waals surface area contributed by atoms with Crippen LogP contribution < -0.4 is 5.32 Å². The van der Waals surface area contributed by atoms with Crippen molar-refractivity contribution in [1.82, 2.24) is 10.2 Å². The van der Waals surface area contributed by atoms with Crippen molar-refractivity contribution in [3.63, 3.8) is 0 Å². The molecule has 0 aliphatic carbocycles. The highest BCUT2D eigenvalue weighted by molar-refractivity contribution is 5.97. The minimum absolute atomic E-state index is 0.0601. The maximum absolute atomic E-state index is 12.2. The van der Waals surface area contributed by atoms with Crippen molar-refractivity contribution in [3.8, 4) is 0 Å². The molecule has 0 fully saturated rings. The van der Waals surface area contributed by atoms with E-state index in [0.717, 1.165) is 0 Å². The number of hydrogen-bond donors (Lipinski definition) is 1. The zero-order chi connectivity index (χ0) is 19.2. The standard InChI is InChI=1S/C16H24N2O7/c1-16(2,3)25-15(22)18-7-6-11(10(9-18)14(21)24-5)17-12(19)8-13(20)23-4/h6-9H2,1-5H3,(H,17,19). The van der Waals surface area contributed by atoms with E-state index in [-0.39, 0.29) is 25.1 Å². The van der Waals surface area contributed by atoms with Gasteiger partial charge in [0.1, 0.15) is 12.0 Å². The molecule has 0 spiro atoms. The van der Waals surface area contributed by atoms with E-state index >= 15 is 0 Å². The summed E-state index contributed by atoms with van der Waals surface area (Å²) in [5.74, 6) is -1.96. The Morgan fingerprint density at radius 1 is 1.12 bits per heavy atom. The van der Waals surface area contributed by atoms with Gasteiger partial charge in [-0.3, -0.25) is 9.59 Å². The molecule has 1 N–H and O–H groups in total. The first-order chi connectivity index (χ1) is 11.6. The third-order valence-electron chi connectivity index (χ3n) is 3.25. The van der Waals surface area contributed by atoms with Gasteiger partial charge in [0, 0.05) is 18.7 Å². The average Bonchev–Trinajstić information content (AvgIpc) is 2.52. The number of carbonyl (C=O) groups excluding carboxylic acids is 4. The third kappa shape index (κ3) is 6.44. The van der Waals surface area contributed by atoms with Gasteiger partial charge in [-0.25, -0.2) is 9.59 Å². The molecule has 0 unspecified atom stereocenters. The van der Waals surface area contributed by atoms with Crippen LogP contribution in [0.5, 0.6) is 0 Å². The number of esters is 2. The van der Waals surface area contributed by atoms with E-state index in [1.54, 1.807) is 20.8 Å². The molecule has 0 aromatic rings. The van der Waals surface area contributed by atoms with Crippen LogP contribution in [-0.4, -0.2) is 61.7 Å². The third-order valence-corrected chi connectivity index (χ3v) is 3.25. The number of carbonyl (C=O) groups is 4. The lowest BCUT2D eigenvalue weighted by molar-refractivity contribution is -0.143. The number of hydrogen-bond acceptors (Lipinski definition) is 7. The molecule has 1 aliphatic rings. The summed E-state index contributed by atoms with van der Waals surface area (Å²) >= 11 is 0. The molecular weight excluding hydrogens is 332 g/mol. The summed E-state index contributed by atoms with van der Waals surface area (Å²) in [4.78, 5) is 48.5. The molecule has 0 bridgehead atoms. The normalized spacial score (nSPS) is 14.7. The number of ether oxygens (including phenoxy) is 3. The summed E-state index contributed by atoms with van der Waals surface area (Å²) in [6, 6.07) is 0. The largest absolute Gasteiger partial charge is 0.469 e. The van der Waals surface area contributed by atoms with Crippen LogP contribution in [0, 0.1) is 0 Å². The van der Waals surface area contributed by atoms with Crippen LogP contribution in [0.3, 0.4) is 0 Å². The van der Waals surface area contributed by atoms with Crippen molar-refractivity contribution in [2.75, 3.05) is 27.3 Å². The van der Waals surface area contributed by atoms with Crippen LogP contribution in [-0.2, 0) is 28.6 Å². The maximum Gasteiger partial charge on any atom is 0.410 e. The topological polar surface area (TPSA) is 111 Å². The predicted octanol–water partition coefficient (Wildman–Crippen LogP) is 0.734. The van der Waals surface area contributed by atoms with Crippen LogP contribution in [0.4, 0.5) is 4.79 Å². The maximum atomic E-state index is 12.2. The second-order valence-electron chi connectivity index (χ2n) is 6.40. The van der Waals surface area contributed by atoms with Gasteiger partial charge in [0.2, 0.25) is 5.91 Å². The first-order valence-electron chi connectivity index (χ1n) is 7.72. The van der Waals surface area contributed by atoms with E-state index in [9.17, 15) is 19.2 Å². The van der Waals surface area contributed by atoms with Gasteiger partial charge in [-0.2, -0.15) is 0 Å². The Bertz CT molecular complexity index is 590. The van der Waals surface area contributed by atoms with Gasteiger partial charge in [0.25, 0.3) is 0 Å². The summed E-state index contributed by atoms with van der Waals surface area (Å²) in [5.41, 5.74) is -0.209. The highest BCUT2D eigenvalue weighted by Gasteiger charge is 2.31. The van der Waals surface area contributed by atoms with Crippen molar-refractivity contribution in [2.24, 2.45) is 0 Å². The van der Waals surface area contributed by atoms with E-state index in [4.69, 9.17) is 9.47 Å². The van der Waals surface area contributed by atoms with E-state index in [1.165, 1.54) is 19.1 Å². The molecule has 9 nitrogen and oxygen atoms in total. The van der Waals surface area contributed by atoms with Crippen molar-refractivity contribution < 1.29 is 33.4 Å². The van der Waals surface area contributed by atoms with Crippen LogP contribution >= 0.6 is 0 Å². The second kappa shape index (κ2) is 8.50. The molecule has 2 amide bonds. The number of methoxy groups -OCH3 is 2. The Labute approximate surface area is 146 Å². The molecule has 9 heteroatoms. The molecule has 1 rings (SSSR count). The zero-order valence-corrected chi connectivity index (χ0v) is 15.1. The summed E-state index contributed by atoms with van der Waals surface area (Å²) in [6.07, 6.45) is -0.810. The van der Waals surface area contributed by atoms with Crippen LogP contribution in [0.15, 0.2) is 11.3 Å². The predicted molar refractivity (Wildman–Crippen MR) is 86.2 cm³/mol. The van der Waals surface area contributed by atoms with E-state index in [1.807, 2.05) is 0 Å². The fourth-order valence-electron chi connectivity index (χ4n) is 2.11. The Balaban J connectivity index is 2.90. The molecule has 140 valence electrons. The smallest absolute Gasteiger partial charge is 0.410 e. The van der Waals surface area contributed by atoms with Crippen LogP contribution in [0.25, 0.3) is 0 Å². The number of amides is 2. The van der Waals surface area contributed by atoms with Crippen LogP contribution in [0.1, 0.15) is 33.6 Å². The summed E-state index contributed by atoms with van der Waals surface area (Å²) < 4.78 is 14.4. The Morgan fingerprint density at radius 3 is 2.28 bits per heavy atom. The van der Waals surface area contributed by atoms with Gasteiger partial charge in [-0.1, -0.05) is 0 Å². The van der Waals surface area contributed by atoms with Gasteiger partial charge < -0.3 is 24.4 Å². The van der Waals surface area contributed by atoms with E-state index < -0.39 is 36.0 Å². The summed E-state index contributed by atoms with van der Waals surface area (Å²) in [6.45, 7) is 5.41. The van der Waals surface area contributed by atoms with Gasteiger partial charge in [0.05, 0.1) is 26.3 Å². The van der Waals surface area contributed by atoms with E-state index in [0.29, 0.717) is 5.70 Å². The molecule has 1 heterocycles. The fraction of sp³-hybridized carbons (Fsp3) is 0.625. The van der Waals surface area contributed by atoms with Gasteiger partial charge >= 0.3 is 18.0 Å². The minimum Gasteiger partial charge on any atom is -0.469 e. The number of nitrogens with zero attached hydrogens (tertiary/aromatic N) is 1. The summed E-state index contributed by atoms with van der Waals surface area (Å²) in [5, 5.41) is 2.52. The first kappa shape index (κ1) is 20.5. The zero-order valence-electron chi connectivity index (χ0n) is 15.1. The lowest BCUT2D eigenvalue weighted by atomic mass is 10.1. The van der Waals surface area contributed by atoms with Crippen molar-refractivity contribution in [3.05, 3.63) is 11.3 Å². The second-order valence-corrected chi connectivity index (χ2v) is 6.40. The highest BCUT2D eigenvalue weighted by atomic mass is 16.6. The number of rotatable bonds is 4. The quantitative estimate of drug-likeness (QED) is 0.449. The monoisotopic (exact) mass is 356 g/mol. The molecule has 0 saturated carbocycles. The molecule has 0 aromatic carbocycles. The first-order valence-corrected chi connectivity index (χ1v) is 7.72. The van der Waals surface area contributed by atoms with Crippen molar-refractivity contribution >= 4 is 23.9 Å². The molecule has 25 heavy (non-hydrogen) atoms. The van der Waals surface area contributed by atoms with Crippen molar-refractivity contribution in [1.29, 1.82) is 0 Å². The lowest BCUT2D eigenvalue weighted by Crippen LogP contribution is -2.44. The molecule has 0 aromatic heterocycles. The lowest BCUT2D eigenvalue weighted by Gasteiger charge is -2.31. The van der Waals surface area contributed by atoms with Gasteiger partial charge in [-0.05, 0) is 20.8 Å². The molecular formula is C16H24N2O7. The SMILES string of the molecule is COC(=O)CC(=O)NC1=C(C(=O)OC)CN(C(=O)OC(C)(C)C)CC1. The Kier molecular flexibility index (Phi) is 6.96. The Morgan fingerprint density at radius 2 is 1.76 bits per heavy atom. The molecule has 1 aliphatic heterocycles. The van der Waals surface area contributed by atoms with Gasteiger partial charge in [-0.15, -0.1) is 0 Å². The fourth-order valence-corrected chi connectivity index (χ4v) is 2.11. The number of nitrogens with one attached hydrogen (secondary N) is 1. The summed E-state index contributed by atoms with van der Waals surface area (Å²) in [7, 11) is 2.38. The molecule has 0 radical (unpaired) electrons. The van der Waals surface area contributed by atoms with E-state index in [2.05, 4.69) is 10.1 Å².